The summed E-state index contributed by atoms with van der Waals surface area (Å²) in [6.07, 6.45) is 7.23. The SMILES string of the molecule is Cn1c(-c2ncc(C3CCC3)n2CCOc2ccc(OC3CCN(C(=O)OC(C)(C)C)CC3)cc2)cc2sccc21. The van der Waals surface area contributed by atoms with Crippen molar-refractivity contribution in [3.05, 3.63) is 53.7 Å². The number of rotatable bonds is 8. The van der Waals surface area contributed by atoms with E-state index in [2.05, 4.69) is 39.9 Å². The molecule has 1 aliphatic carbocycles. The average molecular weight is 577 g/mol. The summed E-state index contributed by atoms with van der Waals surface area (Å²) in [6.45, 7) is 8.26. The van der Waals surface area contributed by atoms with E-state index in [0.29, 0.717) is 25.6 Å². The summed E-state index contributed by atoms with van der Waals surface area (Å²) in [5.74, 6) is 3.25. The van der Waals surface area contributed by atoms with Gasteiger partial charge in [0.05, 0.1) is 22.5 Å². The lowest BCUT2D eigenvalue weighted by Crippen LogP contribution is -2.44. The van der Waals surface area contributed by atoms with Crippen LogP contribution in [0.2, 0.25) is 0 Å². The van der Waals surface area contributed by atoms with Gasteiger partial charge in [-0.3, -0.25) is 0 Å². The van der Waals surface area contributed by atoms with Gasteiger partial charge in [0, 0.05) is 50.8 Å². The van der Waals surface area contributed by atoms with Crippen molar-refractivity contribution < 1.29 is 19.0 Å². The van der Waals surface area contributed by atoms with Crippen LogP contribution in [-0.2, 0) is 18.3 Å². The summed E-state index contributed by atoms with van der Waals surface area (Å²) in [5, 5.41) is 2.14. The lowest BCUT2D eigenvalue weighted by Gasteiger charge is -2.33. The van der Waals surface area contributed by atoms with Crippen LogP contribution >= 0.6 is 11.3 Å². The lowest BCUT2D eigenvalue weighted by atomic mass is 9.83. The number of aromatic nitrogens is 3. The predicted molar refractivity (Wildman–Crippen MR) is 162 cm³/mol. The number of thiophene rings is 1. The van der Waals surface area contributed by atoms with E-state index >= 15 is 0 Å². The van der Waals surface area contributed by atoms with E-state index < -0.39 is 5.60 Å². The zero-order valence-electron chi connectivity index (χ0n) is 24.5. The third-order valence-corrected chi connectivity index (χ3v) is 8.96. The van der Waals surface area contributed by atoms with Crippen molar-refractivity contribution >= 4 is 27.6 Å². The molecule has 8 nitrogen and oxygen atoms in total. The highest BCUT2D eigenvalue weighted by molar-refractivity contribution is 7.17. The van der Waals surface area contributed by atoms with E-state index in [-0.39, 0.29) is 12.2 Å². The Hall–Kier alpha value is -3.46. The maximum Gasteiger partial charge on any atom is 0.410 e. The van der Waals surface area contributed by atoms with Gasteiger partial charge in [0.2, 0.25) is 0 Å². The van der Waals surface area contributed by atoms with Crippen LogP contribution in [0.3, 0.4) is 0 Å². The third-order valence-electron chi connectivity index (χ3n) is 8.11. The molecule has 1 saturated heterocycles. The minimum absolute atomic E-state index is 0.0813. The first-order valence-electron chi connectivity index (χ1n) is 14.7. The van der Waals surface area contributed by atoms with Crippen molar-refractivity contribution in [2.45, 2.75) is 77.0 Å². The molecule has 1 aromatic carbocycles. The minimum Gasteiger partial charge on any atom is -0.492 e. The normalized spacial score (nSPS) is 16.6. The number of hydrogen-bond acceptors (Lipinski definition) is 6. The Balaban J connectivity index is 1.04. The Morgan fingerprint density at radius 2 is 1.78 bits per heavy atom. The van der Waals surface area contributed by atoms with Gasteiger partial charge in [0.25, 0.3) is 0 Å². The summed E-state index contributed by atoms with van der Waals surface area (Å²) < 4.78 is 23.8. The maximum atomic E-state index is 12.3. The Labute approximate surface area is 245 Å². The molecule has 0 bridgehead atoms. The van der Waals surface area contributed by atoms with E-state index in [1.807, 2.05) is 45.0 Å². The second kappa shape index (κ2) is 11.4. The number of aryl methyl sites for hydroxylation is 1. The fraction of sp³-hybridized carbons (Fsp3) is 0.500. The number of amides is 1. The first kappa shape index (κ1) is 27.7. The van der Waals surface area contributed by atoms with Crippen LogP contribution in [0, 0.1) is 0 Å². The molecule has 1 saturated carbocycles. The highest BCUT2D eigenvalue weighted by Crippen LogP contribution is 2.39. The summed E-state index contributed by atoms with van der Waals surface area (Å²) in [4.78, 5) is 19.0. The topological polar surface area (TPSA) is 70.8 Å². The molecule has 0 radical (unpaired) electrons. The molecule has 4 aromatic rings. The summed E-state index contributed by atoms with van der Waals surface area (Å²) in [5.41, 5.74) is 3.24. The molecule has 218 valence electrons. The van der Waals surface area contributed by atoms with E-state index in [9.17, 15) is 4.79 Å². The molecule has 1 amide bonds. The first-order chi connectivity index (χ1) is 19.7. The molecular weight excluding hydrogens is 536 g/mol. The monoisotopic (exact) mass is 576 g/mol. The van der Waals surface area contributed by atoms with Crippen LogP contribution in [0.25, 0.3) is 21.7 Å². The Bertz CT molecular complexity index is 1480. The van der Waals surface area contributed by atoms with Crippen LogP contribution in [0.4, 0.5) is 4.79 Å². The molecule has 41 heavy (non-hydrogen) atoms. The smallest absolute Gasteiger partial charge is 0.410 e. The molecule has 0 N–H and O–H groups in total. The third kappa shape index (κ3) is 6.10. The molecule has 9 heteroatoms. The Kier molecular flexibility index (Phi) is 7.72. The molecule has 1 aliphatic heterocycles. The number of carbonyl (C=O) groups excluding carboxylic acids is 1. The predicted octanol–water partition coefficient (Wildman–Crippen LogP) is 7.23. The number of benzene rings is 1. The molecule has 3 aromatic heterocycles. The number of nitrogens with zero attached hydrogens (tertiary/aromatic N) is 4. The average Bonchev–Trinajstić information content (AvgIpc) is 3.60. The van der Waals surface area contributed by atoms with Crippen LogP contribution in [0.15, 0.2) is 48.0 Å². The molecule has 2 fully saturated rings. The summed E-state index contributed by atoms with van der Waals surface area (Å²) >= 11 is 1.77. The summed E-state index contributed by atoms with van der Waals surface area (Å²) in [7, 11) is 2.12. The van der Waals surface area contributed by atoms with Crippen molar-refractivity contribution in [3.63, 3.8) is 0 Å². The number of imidazole rings is 1. The molecule has 2 aliphatic rings. The van der Waals surface area contributed by atoms with Crippen molar-refractivity contribution in [2.75, 3.05) is 19.7 Å². The van der Waals surface area contributed by atoms with E-state index in [1.165, 1.54) is 35.2 Å². The highest BCUT2D eigenvalue weighted by atomic mass is 32.1. The van der Waals surface area contributed by atoms with E-state index in [1.54, 1.807) is 16.2 Å². The number of piperidine rings is 1. The van der Waals surface area contributed by atoms with E-state index in [0.717, 1.165) is 42.4 Å². The first-order valence-corrected chi connectivity index (χ1v) is 15.6. The van der Waals surface area contributed by atoms with Crippen molar-refractivity contribution in [1.82, 2.24) is 19.0 Å². The number of hydrogen-bond donors (Lipinski definition) is 0. The van der Waals surface area contributed by atoms with Crippen LogP contribution < -0.4 is 9.47 Å². The quantitative estimate of drug-likeness (QED) is 0.221. The standard InChI is InChI=1S/C32H40N4O4S/c1-32(2,3)40-31(37)35-15-12-25(13-16-35)39-24-10-8-23(9-11-24)38-18-17-36-28(22-6-5-7-22)21-33-30(36)27-20-29-26(34(27)4)14-19-41-29/h8-11,14,19-22,25H,5-7,12-13,15-18H2,1-4H3. The zero-order chi connectivity index (χ0) is 28.6. The largest absolute Gasteiger partial charge is 0.492 e. The maximum absolute atomic E-state index is 12.3. The fourth-order valence-corrected chi connectivity index (χ4v) is 6.52. The van der Waals surface area contributed by atoms with Crippen LogP contribution in [0.1, 0.15) is 64.5 Å². The fourth-order valence-electron chi connectivity index (χ4n) is 5.67. The molecule has 4 heterocycles. The number of fused-ring (bicyclic) bond motifs is 1. The van der Waals surface area contributed by atoms with Gasteiger partial charge in [-0.2, -0.15) is 0 Å². The number of likely N-dealkylation sites (tertiary alicyclic amines) is 1. The Morgan fingerprint density at radius 3 is 2.44 bits per heavy atom. The highest BCUT2D eigenvalue weighted by Gasteiger charge is 2.28. The van der Waals surface area contributed by atoms with Crippen LogP contribution in [0.5, 0.6) is 11.5 Å². The number of carbonyl (C=O) groups is 1. The second-order valence-corrected chi connectivity index (χ2v) is 13.1. The Morgan fingerprint density at radius 1 is 1.05 bits per heavy atom. The van der Waals surface area contributed by atoms with Gasteiger partial charge >= 0.3 is 6.09 Å². The second-order valence-electron chi connectivity index (χ2n) is 12.1. The molecule has 6 rings (SSSR count). The van der Waals surface area contributed by atoms with Gasteiger partial charge in [0.1, 0.15) is 29.8 Å². The van der Waals surface area contributed by atoms with Crippen molar-refractivity contribution in [2.24, 2.45) is 7.05 Å². The van der Waals surface area contributed by atoms with Crippen LogP contribution in [-0.4, -0.2) is 56.5 Å². The lowest BCUT2D eigenvalue weighted by molar-refractivity contribution is 0.0126. The molecule has 0 spiro atoms. The van der Waals surface area contributed by atoms with Gasteiger partial charge in [-0.25, -0.2) is 9.78 Å². The zero-order valence-corrected chi connectivity index (χ0v) is 25.3. The minimum atomic E-state index is -0.479. The molecular formula is C32H40N4O4S. The van der Waals surface area contributed by atoms with Gasteiger partial charge in [-0.15, -0.1) is 11.3 Å². The van der Waals surface area contributed by atoms with Gasteiger partial charge in [0.15, 0.2) is 5.82 Å². The molecule has 0 unspecified atom stereocenters. The van der Waals surface area contributed by atoms with Crippen molar-refractivity contribution in [1.29, 1.82) is 0 Å². The van der Waals surface area contributed by atoms with Gasteiger partial charge in [-0.1, -0.05) is 6.42 Å². The molecule has 0 atom stereocenters. The summed E-state index contributed by atoms with van der Waals surface area (Å²) in [6, 6.07) is 12.3. The van der Waals surface area contributed by atoms with Crippen molar-refractivity contribution in [3.8, 4) is 23.0 Å². The van der Waals surface area contributed by atoms with Gasteiger partial charge in [-0.05, 0) is 75.4 Å². The van der Waals surface area contributed by atoms with E-state index in [4.69, 9.17) is 19.2 Å². The van der Waals surface area contributed by atoms with Gasteiger partial charge < -0.3 is 28.2 Å². The number of ether oxygens (including phenoxy) is 3.